The van der Waals surface area contributed by atoms with E-state index in [0.29, 0.717) is 11.4 Å². The van der Waals surface area contributed by atoms with Crippen LogP contribution in [-0.2, 0) is 0 Å². The molecule has 0 saturated carbocycles. The van der Waals surface area contributed by atoms with Crippen molar-refractivity contribution in [2.24, 2.45) is 0 Å². The molecule has 0 aromatic carbocycles. The van der Waals surface area contributed by atoms with Gasteiger partial charge in [0.25, 0.3) is 0 Å². The lowest BCUT2D eigenvalue weighted by atomic mass is 10.1. The molecule has 0 radical (unpaired) electrons. The highest BCUT2D eigenvalue weighted by Crippen LogP contribution is 2.10. The molecule has 0 bridgehead atoms. The monoisotopic (exact) mass is 176 g/mol. The average molecular weight is 177 g/mol. The lowest BCUT2D eigenvalue weighted by Gasteiger charge is -2.33. The van der Waals surface area contributed by atoms with E-state index in [2.05, 4.69) is 24.2 Å². The molecule has 0 spiro atoms. The van der Waals surface area contributed by atoms with Gasteiger partial charge < -0.3 is 10.2 Å². The fourth-order valence-corrected chi connectivity index (χ4v) is 1.71. The summed E-state index contributed by atoms with van der Waals surface area (Å²) >= 11 is 5.92. The molecule has 3 heteroatoms. The summed E-state index contributed by atoms with van der Waals surface area (Å²) in [5, 5.41) is 3.66. The van der Waals surface area contributed by atoms with Crippen molar-refractivity contribution in [2.75, 3.05) is 26.7 Å². The Morgan fingerprint density at radius 3 is 3.00 bits per heavy atom. The minimum Gasteiger partial charge on any atom is -0.314 e. The third-order valence-electron chi connectivity index (χ3n) is 2.24. The summed E-state index contributed by atoms with van der Waals surface area (Å²) in [5.41, 5.74) is 0. The Balaban J connectivity index is 2.29. The maximum atomic E-state index is 5.92. The minimum atomic E-state index is 0.294. The van der Waals surface area contributed by atoms with Gasteiger partial charge in [-0.25, -0.2) is 0 Å². The van der Waals surface area contributed by atoms with Crippen LogP contribution in [0, 0.1) is 0 Å². The Morgan fingerprint density at radius 1 is 1.73 bits per heavy atom. The Hall–Kier alpha value is 0.210. The second-order valence-electron chi connectivity index (χ2n) is 3.36. The van der Waals surface area contributed by atoms with Crippen LogP contribution in [0.3, 0.4) is 0 Å². The van der Waals surface area contributed by atoms with E-state index in [0.717, 1.165) is 26.1 Å². The Bertz CT molecular complexity index is 117. The molecular weight excluding hydrogens is 160 g/mol. The van der Waals surface area contributed by atoms with E-state index in [1.807, 2.05) is 0 Å². The van der Waals surface area contributed by atoms with Crippen molar-refractivity contribution in [1.29, 1.82) is 0 Å². The Kier molecular flexibility index (Phi) is 3.63. The van der Waals surface area contributed by atoms with Crippen molar-refractivity contribution in [2.45, 2.75) is 24.8 Å². The molecule has 1 heterocycles. The highest BCUT2D eigenvalue weighted by atomic mass is 35.5. The molecule has 0 aliphatic carbocycles. The van der Waals surface area contributed by atoms with Crippen LogP contribution >= 0.6 is 11.6 Å². The third kappa shape index (κ3) is 2.97. The van der Waals surface area contributed by atoms with Crippen molar-refractivity contribution in [3.8, 4) is 0 Å². The predicted octanol–water partition coefficient (Wildman–Crippen LogP) is 0.907. The fraction of sp³-hybridized carbons (Fsp3) is 1.00. The molecule has 2 nitrogen and oxygen atoms in total. The van der Waals surface area contributed by atoms with Crippen molar-refractivity contribution in [3.63, 3.8) is 0 Å². The van der Waals surface area contributed by atoms with Crippen LogP contribution in [0.4, 0.5) is 0 Å². The maximum absolute atomic E-state index is 5.92. The average Bonchev–Trinajstić information content (AvgIpc) is 1.93. The van der Waals surface area contributed by atoms with Gasteiger partial charge in [-0.05, 0) is 20.4 Å². The minimum absolute atomic E-state index is 0.294. The smallest absolute Gasteiger partial charge is 0.0323 e. The van der Waals surface area contributed by atoms with Gasteiger partial charge in [0, 0.05) is 31.1 Å². The topological polar surface area (TPSA) is 15.3 Å². The second kappa shape index (κ2) is 4.29. The van der Waals surface area contributed by atoms with Gasteiger partial charge in [-0.2, -0.15) is 0 Å². The van der Waals surface area contributed by atoms with E-state index < -0.39 is 0 Å². The molecule has 0 aromatic heterocycles. The Labute approximate surface area is 73.9 Å². The summed E-state index contributed by atoms with van der Waals surface area (Å²) in [6, 6.07) is 0.635. The molecule has 11 heavy (non-hydrogen) atoms. The Morgan fingerprint density at radius 2 is 2.45 bits per heavy atom. The number of alkyl halides is 1. The first kappa shape index (κ1) is 9.30. The molecular formula is C8H17ClN2. The molecule has 0 aromatic rings. The van der Waals surface area contributed by atoms with Gasteiger partial charge in [-0.15, -0.1) is 11.6 Å². The van der Waals surface area contributed by atoms with Gasteiger partial charge in [-0.3, -0.25) is 0 Å². The molecule has 1 aliphatic rings. The number of likely N-dealkylation sites (N-methyl/N-ethyl adjacent to an activating group) is 1. The summed E-state index contributed by atoms with van der Waals surface area (Å²) < 4.78 is 0. The summed E-state index contributed by atoms with van der Waals surface area (Å²) in [5.74, 6) is 0. The third-order valence-corrected chi connectivity index (χ3v) is 2.42. The van der Waals surface area contributed by atoms with Gasteiger partial charge in [0.15, 0.2) is 0 Å². The number of piperazine rings is 1. The highest BCUT2D eigenvalue weighted by Gasteiger charge is 2.19. The first-order valence-electron chi connectivity index (χ1n) is 4.25. The maximum Gasteiger partial charge on any atom is 0.0323 e. The van der Waals surface area contributed by atoms with Gasteiger partial charge in [0.05, 0.1) is 0 Å². The van der Waals surface area contributed by atoms with Crippen LogP contribution in [0.5, 0.6) is 0 Å². The molecule has 2 atom stereocenters. The molecule has 2 unspecified atom stereocenters. The molecule has 1 aliphatic heterocycles. The second-order valence-corrected chi connectivity index (χ2v) is 4.10. The van der Waals surface area contributed by atoms with E-state index >= 15 is 0 Å². The zero-order valence-corrected chi connectivity index (χ0v) is 8.06. The first-order chi connectivity index (χ1) is 5.20. The van der Waals surface area contributed by atoms with E-state index in [-0.39, 0.29) is 0 Å². The molecule has 1 N–H and O–H groups in total. The molecule has 1 saturated heterocycles. The van der Waals surface area contributed by atoms with Crippen LogP contribution in [0.1, 0.15) is 13.3 Å². The first-order valence-corrected chi connectivity index (χ1v) is 4.69. The van der Waals surface area contributed by atoms with Gasteiger partial charge in [-0.1, -0.05) is 0 Å². The molecule has 66 valence electrons. The lowest BCUT2D eigenvalue weighted by Crippen LogP contribution is -2.49. The van der Waals surface area contributed by atoms with Crippen molar-refractivity contribution in [1.82, 2.24) is 10.2 Å². The predicted molar refractivity (Wildman–Crippen MR) is 49.2 cm³/mol. The van der Waals surface area contributed by atoms with Crippen LogP contribution in [0.15, 0.2) is 0 Å². The molecule has 0 amide bonds. The fourth-order valence-electron chi connectivity index (χ4n) is 1.50. The van der Waals surface area contributed by atoms with Crippen LogP contribution < -0.4 is 5.32 Å². The van der Waals surface area contributed by atoms with Crippen LogP contribution in [-0.4, -0.2) is 43.0 Å². The van der Waals surface area contributed by atoms with E-state index in [9.17, 15) is 0 Å². The van der Waals surface area contributed by atoms with Gasteiger partial charge in [0.2, 0.25) is 0 Å². The quantitative estimate of drug-likeness (QED) is 0.630. The van der Waals surface area contributed by atoms with Crippen molar-refractivity contribution in [3.05, 3.63) is 0 Å². The van der Waals surface area contributed by atoms with Gasteiger partial charge in [0.1, 0.15) is 0 Å². The zero-order valence-electron chi connectivity index (χ0n) is 7.31. The zero-order chi connectivity index (χ0) is 8.27. The molecule has 1 rings (SSSR count). The van der Waals surface area contributed by atoms with E-state index in [4.69, 9.17) is 11.6 Å². The van der Waals surface area contributed by atoms with E-state index in [1.54, 1.807) is 0 Å². The highest BCUT2D eigenvalue weighted by molar-refractivity contribution is 6.20. The lowest BCUT2D eigenvalue weighted by molar-refractivity contribution is 0.190. The number of rotatable bonds is 2. The van der Waals surface area contributed by atoms with Crippen LogP contribution in [0.2, 0.25) is 0 Å². The number of nitrogens with zero attached hydrogens (tertiary/aromatic N) is 1. The van der Waals surface area contributed by atoms with Crippen LogP contribution in [0.25, 0.3) is 0 Å². The van der Waals surface area contributed by atoms with E-state index in [1.165, 1.54) is 0 Å². The summed E-state index contributed by atoms with van der Waals surface area (Å²) in [4.78, 5) is 2.38. The standard InChI is InChI=1S/C8H17ClN2/c1-7(9)5-8-6-10-3-4-11(8)2/h7-8,10H,3-6H2,1-2H3. The molecule has 1 fully saturated rings. The SMILES string of the molecule is CC(Cl)CC1CNCCN1C. The van der Waals surface area contributed by atoms with Gasteiger partial charge >= 0.3 is 0 Å². The van der Waals surface area contributed by atoms with Crippen molar-refractivity contribution < 1.29 is 0 Å². The number of hydrogen-bond acceptors (Lipinski definition) is 2. The number of halogens is 1. The normalized spacial score (nSPS) is 30.3. The summed E-state index contributed by atoms with van der Waals surface area (Å²) in [6.07, 6.45) is 1.09. The summed E-state index contributed by atoms with van der Waals surface area (Å²) in [7, 11) is 2.17. The van der Waals surface area contributed by atoms with Crippen molar-refractivity contribution >= 4 is 11.6 Å². The number of nitrogens with one attached hydrogen (secondary N) is 1. The largest absolute Gasteiger partial charge is 0.314 e. The summed E-state index contributed by atoms with van der Waals surface area (Å²) in [6.45, 7) is 5.41. The number of hydrogen-bond donors (Lipinski definition) is 1.